The number of carbonyl (C=O) groups is 1. The summed E-state index contributed by atoms with van der Waals surface area (Å²) in [6.45, 7) is 5.70. The largest absolute Gasteiger partial charge is 0.449 e. The van der Waals surface area contributed by atoms with E-state index in [2.05, 4.69) is 11.8 Å². The van der Waals surface area contributed by atoms with Gasteiger partial charge in [-0.2, -0.15) is 0 Å². The second kappa shape index (κ2) is 7.42. The molecule has 0 aliphatic carbocycles. The lowest BCUT2D eigenvalue weighted by molar-refractivity contribution is -0.139. The van der Waals surface area contributed by atoms with Crippen molar-refractivity contribution in [2.75, 3.05) is 0 Å². The minimum absolute atomic E-state index is 0.187. The fourth-order valence-corrected chi connectivity index (χ4v) is 0.768. The molecule has 1 atom stereocenters. The van der Waals surface area contributed by atoms with Crippen LogP contribution in [0.15, 0.2) is 12.2 Å². The molecule has 0 spiro atoms. The van der Waals surface area contributed by atoms with Gasteiger partial charge in [0.15, 0.2) is 0 Å². The predicted molar refractivity (Wildman–Crippen MR) is 53.1 cm³/mol. The fourth-order valence-electron chi connectivity index (χ4n) is 0.768. The van der Waals surface area contributed by atoms with Crippen molar-refractivity contribution in [3.05, 3.63) is 12.2 Å². The number of rotatable bonds is 3. The Hall–Kier alpha value is -1.23. The second-order valence-corrected chi connectivity index (χ2v) is 2.69. The summed E-state index contributed by atoms with van der Waals surface area (Å²) < 4.78 is 4.94. The molecular weight excluding hydrogens is 164 g/mol. The van der Waals surface area contributed by atoms with Crippen LogP contribution in [0, 0.1) is 11.8 Å². The van der Waals surface area contributed by atoms with Crippen LogP contribution >= 0.6 is 0 Å². The average molecular weight is 180 g/mol. The van der Waals surface area contributed by atoms with E-state index in [0.717, 1.165) is 12.8 Å². The molecule has 0 saturated carbocycles. The predicted octanol–water partition coefficient (Wildman–Crippen LogP) is 2.30. The van der Waals surface area contributed by atoms with Crippen molar-refractivity contribution in [1.29, 1.82) is 0 Å². The molecule has 13 heavy (non-hydrogen) atoms. The van der Waals surface area contributed by atoms with Crippen molar-refractivity contribution < 1.29 is 9.53 Å². The van der Waals surface area contributed by atoms with E-state index in [1.807, 2.05) is 19.9 Å². The van der Waals surface area contributed by atoms with Gasteiger partial charge < -0.3 is 4.74 Å². The van der Waals surface area contributed by atoms with Crippen LogP contribution in [-0.2, 0) is 9.53 Å². The van der Waals surface area contributed by atoms with Crippen molar-refractivity contribution in [2.45, 2.75) is 39.7 Å². The van der Waals surface area contributed by atoms with Crippen molar-refractivity contribution in [1.82, 2.24) is 0 Å². The van der Waals surface area contributed by atoms with Gasteiger partial charge in [0, 0.05) is 12.3 Å². The van der Waals surface area contributed by atoms with E-state index in [1.54, 1.807) is 13.0 Å². The third kappa shape index (κ3) is 7.14. The summed E-state index contributed by atoms with van der Waals surface area (Å²) in [6.07, 6.45) is 5.17. The van der Waals surface area contributed by atoms with Gasteiger partial charge in [0.05, 0.1) is 0 Å². The van der Waals surface area contributed by atoms with Crippen molar-refractivity contribution >= 4 is 5.97 Å². The molecular formula is C11H16O2. The number of unbranched alkanes of at least 4 members (excludes halogenated alkanes) is 1. The molecule has 0 aliphatic heterocycles. The summed E-state index contributed by atoms with van der Waals surface area (Å²) in [4.78, 5) is 11.0. The third-order valence-electron chi connectivity index (χ3n) is 1.32. The number of carbonyl (C=O) groups excluding carboxylic acids is 1. The summed E-state index contributed by atoms with van der Waals surface area (Å²) in [5.74, 6) is 4.72. The van der Waals surface area contributed by atoms with Gasteiger partial charge in [0.25, 0.3) is 0 Å². The molecule has 2 heteroatoms. The lowest BCUT2D eigenvalue weighted by atomic mass is 10.3. The highest BCUT2D eigenvalue weighted by Crippen LogP contribution is 1.93. The van der Waals surface area contributed by atoms with E-state index >= 15 is 0 Å². The Morgan fingerprint density at radius 3 is 2.85 bits per heavy atom. The highest BCUT2D eigenvalue weighted by molar-refractivity contribution is 5.88. The average Bonchev–Trinajstić information content (AvgIpc) is 2.05. The van der Waals surface area contributed by atoms with Crippen molar-refractivity contribution in [3.63, 3.8) is 0 Å². The summed E-state index contributed by atoms with van der Waals surface area (Å²) in [5, 5.41) is 0. The van der Waals surface area contributed by atoms with Gasteiger partial charge in [0.1, 0.15) is 6.10 Å². The minimum atomic E-state index is -0.445. The molecule has 0 amide bonds. The van der Waals surface area contributed by atoms with Gasteiger partial charge in [-0.1, -0.05) is 18.9 Å². The number of esters is 1. The van der Waals surface area contributed by atoms with Crippen LogP contribution in [-0.4, -0.2) is 12.1 Å². The molecule has 0 rings (SSSR count). The van der Waals surface area contributed by atoms with Crippen molar-refractivity contribution in [3.8, 4) is 11.8 Å². The first-order chi connectivity index (χ1) is 6.20. The zero-order valence-corrected chi connectivity index (χ0v) is 8.46. The standard InChI is InChI=1S/C11H16O2/c1-4-6-7-9-11(12)13-10(3)8-5-2/h5,8,10H,4,6H2,1-3H3/b8-5-/t10-/m1/s1. The maximum Gasteiger partial charge on any atom is 0.384 e. The topological polar surface area (TPSA) is 26.3 Å². The quantitative estimate of drug-likeness (QED) is 0.288. The molecule has 0 aromatic carbocycles. The molecule has 0 radical (unpaired) electrons. The SMILES string of the molecule is C/C=C\[C@@H](C)OC(=O)C#CCCC. The molecule has 72 valence electrons. The van der Waals surface area contributed by atoms with E-state index in [4.69, 9.17) is 4.74 Å². The zero-order chi connectivity index (χ0) is 10.1. The Morgan fingerprint density at radius 2 is 2.31 bits per heavy atom. The van der Waals surface area contributed by atoms with Crippen LogP contribution in [0.1, 0.15) is 33.6 Å². The van der Waals surface area contributed by atoms with Crippen LogP contribution in [0.2, 0.25) is 0 Å². The Labute approximate surface area is 80.0 Å². The van der Waals surface area contributed by atoms with Gasteiger partial charge in [-0.15, -0.1) is 0 Å². The van der Waals surface area contributed by atoms with Crippen LogP contribution in [0.3, 0.4) is 0 Å². The van der Waals surface area contributed by atoms with Gasteiger partial charge >= 0.3 is 5.97 Å². The zero-order valence-electron chi connectivity index (χ0n) is 8.46. The molecule has 0 bridgehead atoms. The molecule has 0 heterocycles. The molecule has 0 N–H and O–H groups in total. The fraction of sp³-hybridized carbons (Fsp3) is 0.545. The lowest BCUT2D eigenvalue weighted by Crippen LogP contribution is -2.10. The molecule has 0 aliphatic rings. The number of hydrogen-bond donors (Lipinski definition) is 0. The van der Waals surface area contributed by atoms with E-state index in [9.17, 15) is 4.79 Å². The molecule has 0 saturated heterocycles. The Bertz CT molecular complexity index is 230. The maximum absolute atomic E-state index is 11.0. The highest BCUT2D eigenvalue weighted by atomic mass is 16.5. The van der Waals surface area contributed by atoms with E-state index in [-0.39, 0.29) is 6.10 Å². The normalized spacial score (nSPS) is 11.9. The first kappa shape index (κ1) is 11.8. The number of allylic oxidation sites excluding steroid dienone is 1. The molecule has 0 unspecified atom stereocenters. The maximum atomic E-state index is 11.0. The van der Waals surface area contributed by atoms with Crippen LogP contribution < -0.4 is 0 Å². The van der Waals surface area contributed by atoms with Gasteiger partial charge in [0.2, 0.25) is 0 Å². The highest BCUT2D eigenvalue weighted by Gasteiger charge is 2.01. The monoisotopic (exact) mass is 180 g/mol. The van der Waals surface area contributed by atoms with Gasteiger partial charge in [-0.25, -0.2) is 4.79 Å². The summed E-state index contributed by atoms with van der Waals surface area (Å²) in [5.41, 5.74) is 0. The summed E-state index contributed by atoms with van der Waals surface area (Å²) >= 11 is 0. The van der Waals surface area contributed by atoms with E-state index in [0.29, 0.717) is 0 Å². The van der Waals surface area contributed by atoms with Gasteiger partial charge in [-0.3, -0.25) is 0 Å². The van der Waals surface area contributed by atoms with Crippen LogP contribution in [0.5, 0.6) is 0 Å². The molecule has 0 aromatic rings. The minimum Gasteiger partial charge on any atom is -0.449 e. The van der Waals surface area contributed by atoms with E-state index < -0.39 is 5.97 Å². The van der Waals surface area contributed by atoms with Crippen LogP contribution in [0.25, 0.3) is 0 Å². The first-order valence-corrected chi connectivity index (χ1v) is 4.53. The molecule has 0 fully saturated rings. The van der Waals surface area contributed by atoms with Crippen molar-refractivity contribution in [2.24, 2.45) is 0 Å². The smallest absolute Gasteiger partial charge is 0.384 e. The number of hydrogen-bond acceptors (Lipinski definition) is 2. The molecule has 2 nitrogen and oxygen atoms in total. The number of ether oxygens (including phenoxy) is 1. The lowest BCUT2D eigenvalue weighted by Gasteiger charge is -2.03. The second-order valence-electron chi connectivity index (χ2n) is 2.69. The summed E-state index contributed by atoms with van der Waals surface area (Å²) in [7, 11) is 0. The summed E-state index contributed by atoms with van der Waals surface area (Å²) in [6, 6.07) is 0. The molecule has 0 aromatic heterocycles. The Kier molecular flexibility index (Phi) is 6.72. The van der Waals surface area contributed by atoms with Crippen LogP contribution in [0.4, 0.5) is 0 Å². The van der Waals surface area contributed by atoms with Gasteiger partial charge in [-0.05, 0) is 26.3 Å². The Morgan fingerprint density at radius 1 is 1.62 bits per heavy atom. The van der Waals surface area contributed by atoms with E-state index in [1.165, 1.54) is 0 Å². The first-order valence-electron chi connectivity index (χ1n) is 4.53. The Balaban J connectivity index is 3.82. The third-order valence-corrected chi connectivity index (χ3v) is 1.32.